The standard InChI is InChI=1S/C14H23N3OS/c1-14(2,19-3)12(15)13(18)17-10-6-8-11-7-4-5-9-16-11/h4-5,7,9,12H,6,8,10,15H2,1-3H3,(H,17,18)/t12-/m1/s1. The quantitative estimate of drug-likeness (QED) is 0.745. The number of amides is 1. The van der Waals surface area contributed by atoms with Crippen molar-refractivity contribution in [2.75, 3.05) is 12.8 Å². The van der Waals surface area contributed by atoms with E-state index in [1.165, 1.54) is 0 Å². The number of hydrogen-bond donors (Lipinski definition) is 2. The number of nitrogens with two attached hydrogens (primary N) is 1. The van der Waals surface area contributed by atoms with Crippen LogP contribution in [-0.2, 0) is 11.2 Å². The van der Waals surface area contributed by atoms with Crippen LogP contribution >= 0.6 is 11.8 Å². The fourth-order valence-corrected chi connectivity index (χ4v) is 1.94. The monoisotopic (exact) mass is 281 g/mol. The van der Waals surface area contributed by atoms with Crippen molar-refractivity contribution < 1.29 is 4.79 Å². The normalized spacial score (nSPS) is 13.1. The molecule has 0 aliphatic carbocycles. The third-order valence-corrected chi connectivity index (χ3v) is 4.50. The van der Waals surface area contributed by atoms with Crippen LogP contribution in [0.1, 0.15) is 26.0 Å². The maximum Gasteiger partial charge on any atom is 0.238 e. The van der Waals surface area contributed by atoms with Gasteiger partial charge in [-0.05, 0) is 45.1 Å². The predicted molar refractivity (Wildman–Crippen MR) is 81.1 cm³/mol. The van der Waals surface area contributed by atoms with Gasteiger partial charge in [-0.25, -0.2) is 0 Å². The van der Waals surface area contributed by atoms with Gasteiger partial charge in [0.25, 0.3) is 0 Å². The molecule has 1 heterocycles. The number of rotatable bonds is 7. The highest BCUT2D eigenvalue weighted by atomic mass is 32.2. The van der Waals surface area contributed by atoms with Crippen molar-refractivity contribution in [1.29, 1.82) is 0 Å². The summed E-state index contributed by atoms with van der Waals surface area (Å²) in [6, 6.07) is 5.37. The van der Waals surface area contributed by atoms with Crippen LogP contribution in [0.25, 0.3) is 0 Å². The zero-order valence-electron chi connectivity index (χ0n) is 11.8. The number of aromatic nitrogens is 1. The zero-order valence-corrected chi connectivity index (χ0v) is 12.7. The molecule has 1 atom stereocenters. The molecule has 0 aliphatic rings. The zero-order chi connectivity index (χ0) is 14.3. The summed E-state index contributed by atoms with van der Waals surface area (Å²) >= 11 is 1.60. The first-order valence-electron chi connectivity index (χ1n) is 6.45. The molecule has 5 heteroatoms. The Balaban J connectivity index is 2.28. The molecule has 1 aromatic rings. The molecule has 1 rings (SSSR count). The minimum Gasteiger partial charge on any atom is -0.355 e. The molecule has 0 bridgehead atoms. The molecule has 0 spiro atoms. The number of nitrogens with one attached hydrogen (secondary N) is 1. The van der Waals surface area contributed by atoms with Crippen molar-refractivity contribution in [3.05, 3.63) is 30.1 Å². The van der Waals surface area contributed by atoms with E-state index in [-0.39, 0.29) is 10.7 Å². The topological polar surface area (TPSA) is 68.0 Å². The second-order valence-corrected chi connectivity index (χ2v) is 6.46. The van der Waals surface area contributed by atoms with E-state index in [9.17, 15) is 4.79 Å². The molecule has 0 saturated heterocycles. The summed E-state index contributed by atoms with van der Waals surface area (Å²) in [6.07, 6.45) is 5.48. The molecular formula is C14H23N3OS. The van der Waals surface area contributed by atoms with Gasteiger partial charge in [-0.1, -0.05) is 6.07 Å². The van der Waals surface area contributed by atoms with Crippen LogP contribution in [0, 0.1) is 0 Å². The Morgan fingerprint density at radius 2 is 2.26 bits per heavy atom. The summed E-state index contributed by atoms with van der Waals surface area (Å²) < 4.78 is -0.245. The van der Waals surface area contributed by atoms with Gasteiger partial charge in [0.2, 0.25) is 5.91 Å². The van der Waals surface area contributed by atoms with E-state index in [4.69, 9.17) is 5.73 Å². The van der Waals surface area contributed by atoms with Gasteiger partial charge >= 0.3 is 0 Å². The van der Waals surface area contributed by atoms with E-state index < -0.39 is 6.04 Å². The molecule has 0 fully saturated rings. The van der Waals surface area contributed by atoms with Gasteiger partial charge in [0.15, 0.2) is 0 Å². The fraction of sp³-hybridized carbons (Fsp3) is 0.571. The van der Waals surface area contributed by atoms with Gasteiger partial charge in [-0.2, -0.15) is 11.8 Å². The van der Waals surface area contributed by atoms with E-state index in [0.717, 1.165) is 18.5 Å². The number of thioether (sulfide) groups is 1. The minimum absolute atomic E-state index is 0.0830. The Bertz CT molecular complexity index is 395. The molecule has 0 radical (unpaired) electrons. The smallest absolute Gasteiger partial charge is 0.238 e. The van der Waals surface area contributed by atoms with Crippen LogP contribution in [0.5, 0.6) is 0 Å². The first-order chi connectivity index (χ1) is 8.97. The SMILES string of the molecule is CSC(C)(C)[C@H](N)C(=O)NCCCc1ccccn1. The molecule has 4 nitrogen and oxygen atoms in total. The number of carbonyl (C=O) groups is 1. The Kier molecular flexibility index (Phi) is 6.31. The van der Waals surface area contributed by atoms with Crippen LogP contribution in [0.15, 0.2) is 24.4 Å². The number of carbonyl (C=O) groups excluding carboxylic acids is 1. The van der Waals surface area contributed by atoms with Crippen LogP contribution in [0.4, 0.5) is 0 Å². The van der Waals surface area contributed by atoms with E-state index in [1.807, 2.05) is 38.3 Å². The second-order valence-electron chi connectivity index (χ2n) is 5.00. The highest BCUT2D eigenvalue weighted by molar-refractivity contribution is 8.00. The van der Waals surface area contributed by atoms with Gasteiger partial charge in [-0.15, -0.1) is 0 Å². The Morgan fingerprint density at radius 1 is 1.53 bits per heavy atom. The summed E-state index contributed by atoms with van der Waals surface area (Å²) in [6.45, 7) is 4.60. The average molecular weight is 281 g/mol. The number of pyridine rings is 1. The Morgan fingerprint density at radius 3 is 2.84 bits per heavy atom. The van der Waals surface area contributed by atoms with Crippen molar-refractivity contribution in [1.82, 2.24) is 10.3 Å². The summed E-state index contributed by atoms with van der Waals surface area (Å²) in [4.78, 5) is 16.1. The Hall–Kier alpha value is -1.07. The largest absolute Gasteiger partial charge is 0.355 e. The third-order valence-electron chi connectivity index (χ3n) is 3.19. The predicted octanol–water partition coefficient (Wildman–Crippen LogP) is 1.60. The molecule has 3 N–H and O–H groups in total. The summed E-state index contributed by atoms with van der Waals surface area (Å²) in [5.41, 5.74) is 7.00. The van der Waals surface area contributed by atoms with Crippen molar-refractivity contribution in [2.24, 2.45) is 5.73 Å². The molecule has 106 valence electrons. The highest BCUT2D eigenvalue weighted by Gasteiger charge is 2.30. The molecule has 0 saturated carbocycles. The summed E-state index contributed by atoms with van der Waals surface area (Å²) in [7, 11) is 0. The number of hydrogen-bond acceptors (Lipinski definition) is 4. The number of aryl methyl sites for hydroxylation is 1. The summed E-state index contributed by atoms with van der Waals surface area (Å²) in [5, 5.41) is 2.89. The van der Waals surface area contributed by atoms with Crippen molar-refractivity contribution in [2.45, 2.75) is 37.5 Å². The lowest BCUT2D eigenvalue weighted by Gasteiger charge is -2.28. The van der Waals surface area contributed by atoms with Crippen LogP contribution in [-0.4, -0.2) is 34.5 Å². The Labute approximate surface area is 119 Å². The van der Waals surface area contributed by atoms with E-state index in [1.54, 1.807) is 18.0 Å². The highest BCUT2D eigenvalue weighted by Crippen LogP contribution is 2.24. The molecule has 0 aromatic carbocycles. The first kappa shape index (κ1) is 16.0. The van der Waals surface area contributed by atoms with E-state index >= 15 is 0 Å². The minimum atomic E-state index is -0.489. The molecular weight excluding hydrogens is 258 g/mol. The van der Waals surface area contributed by atoms with Gasteiger partial charge in [0.1, 0.15) is 0 Å². The maximum absolute atomic E-state index is 11.9. The molecule has 1 amide bonds. The molecule has 0 aliphatic heterocycles. The summed E-state index contributed by atoms with van der Waals surface area (Å²) in [5.74, 6) is -0.0830. The second kappa shape index (κ2) is 7.50. The number of nitrogens with zero attached hydrogens (tertiary/aromatic N) is 1. The van der Waals surface area contributed by atoms with Crippen LogP contribution < -0.4 is 11.1 Å². The van der Waals surface area contributed by atoms with Crippen molar-refractivity contribution in [3.63, 3.8) is 0 Å². The fourth-order valence-electron chi connectivity index (χ4n) is 1.58. The van der Waals surface area contributed by atoms with Gasteiger partial charge in [0, 0.05) is 23.2 Å². The third kappa shape index (κ3) is 5.20. The van der Waals surface area contributed by atoms with Crippen LogP contribution in [0.3, 0.4) is 0 Å². The van der Waals surface area contributed by atoms with Gasteiger partial charge in [-0.3, -0.25) is 9.78 Å². The first-order valence-corrected chi connectivity index (χ1v) is 7.68. The molecule has 19 heavy (non-hydrogen) atoms. The lowest BCUT2D eigenvalue weighted by molar-refractivity contribution is -0.122. The van der Waals surface area contributed by atoms with Crippen LogP contribution in [0.2, 0.25) is 0 Å². The van der Waals surface area contributed by atoms with E-state index in [0.29, 0.717) is 6.54 Å². The average Bonchev–Trinajstić information content (AvgIpc) is 2.43. The van der Waals surface area contributed by atoms with Crippen molar-refractivity contribution >= 4 is 17.7 Å². The lowest BCUT2D eigenvalue weighted by Crippen LogP contribution is -2.52. The lowest BCUT2D eigenvalue weighted by atomic mass is 10.0. The molecule has 0 unspecified atom stereocenters. The van der Waals surface area contributed by atoms with E-state index in [2.05, 4.69) is 10.3 Å². The maximum atomic E-state index is 11.9. The van der Waals surface area contributed by atoms with Gasteiger partial charge in [0.05, 0.1) is 6.04 Å². The molecule has 1 aromatic heterocycles. The van der Waals surface area contributed by atoms with Crippen molar-refractivity contribution in [3.8, 4) is 0 Å². The van der Waals surface area contributed by atoms with Gasteiger partial charge < -0.3 is 11.1 Å².